The van der Waals surface area contributed by atoms with Gasteiger partial charge in [-0.1, -0.05) is 30.3 Å². The van der Waals surface area contributed by atoms with Crippen LogP contribution in [0.4, 0.5) is 11.4 Å². The first kappa shape index (κ1) is 21.8. The Morgan fingerprint density at radius 3 is 2.37 bits per heavy atom. The zero-order valence-electron chi connectivity index (χ0n) is 16.6. The number of rotatable bonds is 8. The quantitative estimate of drug-likeness (QED) is 0.391. The maximum Gasteiger partial charge on any atom is 0.292 e. The number of anilines is 1. The fourth-order valence-corrected chi connectivity index (χ4v) is 4.96. The first-order valence-corrected chi connectivity index (χ1v) is 11.6. The Labute approximate surface area is 176 Å². The zero-order valence-corrected chi connectivity index (χ0v) is 17.4. The van der Waals surface area contributed by atoms with Crippen LogP contribution >= 0.6 is 0 Å². The molecule has 0 aliphatic carbocycles. The number of amides is 1. The molecule has 1 aliphatic rings. The number of nitrogens with zero attached hydrogens (tertiary/aromatic N) is 2. The summed E-state index contributed by atoms with van der Waals surface area (Å²) in [5.74, 6) is -0.281. The van der Waals surface area contributed by atoms with Gasteiger partial charge in [0.2, 0.25) is 5.91 Å². The summed E-state index contributed by atoms with van der Waals surface area (Å²) in [6.45, 7) is 1.42. The average molecular weight is 432 g/mol. The van der Waals surface area contributed by atoms with Gasteiger partial charge in [-0.25, -0.2) is 8.42 Å². The maximum atomic E-state index is 12.4. The molecule has 1 N–H and O–H groups in total. The summed E-state index contributed by atoms with van der Waals surface area (Å²) in [4.78, 5) is 25.5. The maximum absolute atomic E-state index is 12.4. The molecule has 0 unspecified atom stereocenters. The van der Waals surface area contributed by atoms with E-state index < -0.39 is 14.8 Å². The molecule has 0 saturated carbocycles. The van der Waals surface area contributed by atoms with Crippen LogP contribution in [-0.4, -0.2) is 44.6 Å². The highest BCUT2D eigenvalue weighted by Gasteiger charge is 2.28. The molecule has 30 heavy (non-hydrogen) atoms. The van der Waals surface area contributed by atoms with Crippen LogP contribution in [0.15, 0.2) is 59.5 Å². The first-order valence-electron chi connectivity index (χ1n) is 9.92. The Morgan fingerprint density at radius 1 is 1.07 bits per heavy atom. The number of hydrogen-bond donors (Lipinski definition) is 1. The summed E-state index contributed by atoms with van der Waals surface area (Å²) in [5.41, 5.74) is 0.646. The number of nitrogens with one attached hydrogen (secondary N) is 1. The van der Waals surface area contributed by atoms with Gasteiger partial charge in [0.15, 0.2) is 9.84 Å². The van der Waals surface area contributed by atoms with Crippen molar-refractivity contribution >= 4 is 27.1 Å². The van der Waals surface area contributed by atoms with Gasteiger partial charge in [-0.15, -0.1) is 0 Å². The highest BCUT2D eigenvalue weighted by Crippen LogP contribution is 2.31. The van der Waals surface area contributed by atoms with Crippen LogP contribution in [0.25, 0.3) is 0 Å². The lowest BCUT2D eigenvalue weighted by Gasteiger charge is -2.32. The third-order valence-electron chi connectivity index (χ3n) is 5.28. The molecule has 8 nitrogen and oxygen atoms in total. The lowest BCUT2D eigenvalue weighted by molar-refractivity contribution is -0.384. The van der Waals surface area contributed by atoms with E-state index in [1.54, 1.807) is 48.5 Å². The third-order valence-corrected chi connectivity index (χ3v) is 7.09. The smallest absolute Gasteiger partial charge is 0.292 e. The largest absolute Gasteiger partial charge is 0.366 e. The van der Waals surface area contributed by atoms with E-state index >= 15 is 0 Å². The monoisotopic (exact) mass is 431 g/mol. The second-order valence-electron chi connectivity index (χ2n) is 7.28. The van der Waals surface area contributed by atoms with Crippen molar-refractivity contribution in [2.24, 2.45) is 5.92 Å². The molecule has 0 bridgehead atoms. The normalized spacial score (nSPS) is 15.0. The van der Waals surface area contributed by atoms with Gasteiger partial charge in [-0.2, -0.15) is 0 Å². The van der Waals surface area contributed by atoms with E-state index in [1.165, 1.54) is 6.07 Å². The summed E-state index contributed by atoms with van der Waals surface area (Å²) in [6.07, 6.45) is 1.54. The lowest BCUT2D eigenvalue weighted by atomic mass is 9.95. The van der Waals surface area contributed by atoms with E-state index in [1.807, 2.05) is 4.90 Å². The predicted molar refractivity (Wildman–Crippen MR) is 114 cm³/mol. The van der Waals surface area contributed by atoms with Crippen molar-refractivity contribution in [1.29, 1.82) is 0 Å². The van der Waals surface area contributed by atoms with Gasteiger partial charge >= 0.3 is 0 Å². The van der Waals surface area contributed by atoms with Gasteiger partial charge in [0.1, 0.15) is 5.69 Å². The summed E-state index contributed by atoms with van der Waals surface area (Å²) < 4.78 is 24.5. The molecule has 0 spiro atoms. The number of piperidine rings is 1. The second-order valence-corrected chi connectivity index (χ2v) is 9.39. The summed E-state index contributed by atoms with van der Waals surface area (Å²) in [5, 5.41) is 14.0. The SMILES string of the molecule is O=C(NCCCS(=O)(=O)c1ccccc1)C1CCN(c2ccccc2[N+](=O)[O-])CC1. The number of carbonyl (C=O) groups is 1. The number of hydrogen-bond acceptors (Lipinski definition) is 6. The number of carbonyl (C=O) groups excluding carboxylic acids is 1. The molecule has 2 aromatic carbocycles. The molecule has 0 aromatic heterocycles. The summed E-state index contributed by atoms with van der Waals surface area (Å²) in [7, 11) is -3.35. The molecule has 2 aromatic rings. The minimum absolute atomic E-state index is 0.0204. The van der Waals surface area contributed by atoms with Crippen LogP contribution in [-0.2, 0) is 14.6 Å². The highest BCUT2D eigenvalue weighted by molar-refractivity contribution is 7.91. The summed E-state index contributed by atoms with van der Waals surface area (Å²) in [6, 6.07) is 14.9. The van der Waals surface area contributed by atoms with E-state index in [0.29, 0.717) is 49.5 Å². The Kier molecular flexibility index (Phi) is 7.04. The number of nitro benzene ring substituents is 1. The van der Waals surface area contributed by atoms with Gasteiger partial charge in [-0.3, -0.25) is 14.9 Å². The fraction of sp³-hybridized carbons (Fsp3) is 0.381. The van der Waals surface area contributed by atoms with Crippen LogP contribution in [0.5, 0.6) is 0 Å². The molecular weight excluding hydrogens is 406 g/mol. The van der Waals surface area contributed by atoms with Crippen LogP contribution in [0.2, 0.25) is 0 Å². The Bertz CT molecular complexity index is 987. The minimum Gasteiger partial charge on any atom is -0.366 e. The van der Waals surface area contributed by atoms with Crippen molar-refractivity contribution in [1.82, 2.24) is 5.32 Å². The molecule has 9 heteroatoms. The lowest BCUT2D eigenvalue weighted by Crippen LogP contribution is -2.41. The van der Waals surface area contributed by atoms with Crippen molar-refractivity contribution in [3.63, 3.8) is 0 Å². The van der Waals surface area contributed by atoms with Crippen molar-refractivity contribution in [3.05, 3.63) is 64.7 Å². The van der Waals surface area contributed by atoms with Crippen molar-refractivity contribution in [3.8, 4) is 0 Å². The Hall–Kier alpha value is -2.94. The number of nitro groups is 1. The number of benzene rings is 2. The van der Waals surface area contributed by atoms with E-state index in [-0.39, 0.29) is 23.3 Å². The number of para-hydroxylation sites is 2. The van der Waals surface area contributed by atoms with Crippen molar-refractivity contribution < 1.29 is 18.1 Å². The third kappa shape index (κ3) is 5.35. The average Bonchev–Trinajstić information content (AvgIpc) is 2.77. The van der Waals surface area contributed by atoms with Gasteiger partial charge in [0.05, 0.1) is 15.6 Å². The van der Waals surface area contributed by atoms with Crippen LogP contribution in [0.3, 0.4) is 0 Å². The van der Waals surface area contributed by atoms with Crippen LogP contribution in [0, 0.1) is 16.0 Å². The van der Waals surface area contributed by atoms with Gasteiger partial charge in [0, 0.05) is 31.6 Å². The topological polar surface area (TPSA) is 110 Å². The molecule has 160 valence electrons. The molecule has 1 fully saturated rings. The predicted octanol–water partition coefficient (Wildman–Crippen LogP) is 2.79. The molecule has 1 aliphatic heterocycles. The zero-order chi connectivity index (χ0) is 21.6. The van der Waals surface area contributed by atoms with Gasteiger partial charge in [0.25, 0.3) is 5.69 Å². The van der Waals surface area contributed by atoms with E-state index in [4.69, 9.17) is 0 Å². The minimum atomic E-state index is -3.35. The first-order chi connectivity index (χ1) is 14.4. The number of sulfone groups is 1. The molecular formula is C21H25N3O5S. The van der Waals surface area contributed by atoms with Crippen molar-refractivity contribution in [2.45, 2.75) is 24.2 Å². The Morgan fingerprint density at radius 2 is 1.70 bits per heavy atom. The molecule has 1 saturated heterocycles. The van der Waals surface area contributed by atoms with E-state index in [0.717, 1.165) is 0 Å². The molecule has 0 radical (unpaired) electrons. The van der Waals surface area contributed by atoms with Gasteiger partial charge in [-0.05, 0) is 37.5 Å². The molecule has 0 atom stereocenters. The Balaban J connectivity index is 1.44. The van der Waals surface area contributed by atoms with E-state index in [9.17, 15) is 23.3 Å². The standard InChI is InChI=1S/C21H25N3O5S/c25-21(22-13-6-16-30(28,29)18-7-2-1-3-8-18)17-11-14-23(15-12-17)19-9-4-5-10-20(19)24(26)27/h1-5,7-10,17H,6,11-16H2,(H,22,25). The molecule has 1 amide bonds. The highest BCUT2D eigenvalue weighted by atomic mass is 32.2. The molecule has 3 rings (SSSR count). The molecule has 1 heterocycles. The van der Waals surface area contributed by atoms with Gasteiger partial charge < -0.3 is 10.2 Å². The summed E-state index contributed by atoms with van der Waals surface area (Å²) >= 11 is 0. The van der Waals surface area contributed by atoms with Crippen LogP contribution in [0.1, 0.15) is 19.3 Å². The van der Waals surface area contributed by atoms with Crippen LogP contribution < -0.4 is 10.2 Å². The van der Waals surface area contributed by atoms with E-state index in [2.05, 4.69) is 5.32 Å². The van der Waals surface area contributed by atoms with Crippen molar-refractivity contribution in [2.75, 3.05) is 30.3 Å². The second kappa shape index (κ2) is 9.71. The fourth-order valence-electron chi connectivity index (χ4n) is 3.63.